The van der Waals surface area contributed by atoms with Crippen LogP contribution in [0.5, 0.6) is 5.75 Å². The van der Waals surface area contributed by atoms with Crippen molar-refractivity contribution in [2.75, 3.05) is 26.2 Å². The Balaban J connectivity index is 1.20. The topological polar surface area (TPSA) is 66.7 Å². The molecule has 1 atom stereocenters. The van der Waals surface area contributed by atoms with Crippen LogP contribution in [0.2, 0.25) is 0 Å². The highest BCUT2D eigenvalue weighted by Crippen LogP contribution is 2.21. The van der Waals surface area contributed by atoms with Crippen LogP contribution in [0.4, 0.5) is 0 Å². The molecule has 2 aromatic carbocycles. The third-order valence-corrected chi connectivity index (χ3v) is 5.44. The lowest BCUT2D eigenvalue weighted by Crippen LogP contribution is -2.42. The van der Waals surface area contributed by atoms with Crippen molar-refractivity contribution in [2.24, 2.45) is 7.05 Å². The van der Waals surface area contributed by atoms with Crippen molar-refractivity contribution in [3.63, 3.8) is 0 Å². The molecule has 0 bridgehead atoms. The first-order valence-electron chi connectivity index (χ1n) is 10.0. The number of rotatable bonds is 7. The van der Waals surface area contributed by atoms with E-state index >= 15 is 0 Å². The lowest BCUT2D eigenvalue weighted by atomic mass is 10.00. The Morgan fingerprint density at radius 2 is 2.03 bits per heavy atom. The second kappa shape index (κ2) is 8.68. The van der Waals surface area contributed by atoms with Gasteiger partial charge in [0, 0.05) is 45.5 Å². The van der Waals surface area contributed by atoms with E-state index in [2.05, 4.69) is 34.5 Å². The number of carbonyl (C=O) groups excluding carboxylic acids is 1. The molecule has 3 aromatic rings. The summed E-state index contributed by atoms with van der Waals surface area (Å²) in [6.45, 7) is 2.45. The molecule has 1 unspecified atom stereocenters. The fourth-order valence-corrected chi connectivity index (χ4v) is 3.84. The van der Waals surface area contributed by atoms with Crippen molar-refractivity contribution >= 4 is 16.8 Å². The summed E-state index contributed by atoms with van der Waals surface area (Å²) in [7, 11) is 1.97. The lowest BCUT2D eigenvalue weighted by Gasteiger charge is -2.30. The number of aryl methyl sites for hydroxylation is 1. The number of amides is 1. The number of hydrogen-bond donors (Lipinski definition) is 2. The van der Waals surface area contributed by atoms with Crippen molar-refractivity contribution in [3.05, 3.63) is 65.9 Å². The molecule has 0 saturated heterocycles. The number of benzene rings is 2. The minimum Gasteiger partial charge on any atom is -0.484 e. The summed E-state index contributed by atoms with van der Waals surface area (Å²) in [5, 5.41) is 14.2. The second-order valence-electron chi connectivity index (χ2n) is 7.65. The van der Waals surface area contributed by atoms with Crippen molar-refractivity contribution in [2.45, 2.75) is 19.1 Å². The number of ether oxygens (including phenoxy) is 1. The average molecular weight is 393 g/mol. The minimum atomic E-state index is -0.607. The number of nitrogens with zero attached hydrogens (tertiary/aromatic N) is 2. The quantitative estimate of drug-likeness (QED) is 0.645. The molecule has 152 valence electrons. The summed E-state index contributed by atoms with van der Waals surface area (Å²) < 4.78 is 7.62. The number of aliphatic hydroxyl groups is 1. The largest absolute Gasteiger partial charge is 0.484 e. The van der Waals surface area contributed by atoms with Crippen LogP contribution in [0.3, 0.4) is 0 Å². The fraction of sp³-hybridized carbons (Fsp3) is 0.348. The van der Waals surface area contributed by atoms with Gasteiger partial charge in [-0.25, -0.2) is 0 Å². The van der Waals surface area contributed by atoms with Crippen molar-refractivity contribution in [1.82, 2.24) is 14.8 Å². The molecule has 1 aliphatic rings. The third-order valence-electron chi connectivity index (χ3n) is 5.44. The molecule has 2 N–H and O–H groups in total. The molecule has 0 aliphatic carbocycles. The number of carbonyl (C=O) groups is 1. The average Bonchev–Trinajstić information content (AvgIpc) is 3.11. The van der Waals surface area contributed by atoms with Crippen LogP contribution in [-0.2, 0) is 24.8 Å². The molecular weight excluding hydrogens is 366 g/mol. The standard InChI is InChI=1S/C23H27N3O3/c1-25-10-8-18-6-7-21(12-22(18)25)29-16-23(28)24-13-20(27)15-26-11-9-17-4-2-3-5-19(17)14-26/h2-8,10,12,20,27H,9,11,13-16H2,1H3,(H,24,28). The molecule has 29 heavy (non-hydrogen) atoms. The van der Waals surface area contributed by atoms with Gasteiger partial charge in [-0.1, -0.05) is 24.3 Å². The summed E-state index contributed by atoms with van der Waals surface area (Å²) >= 11 is 0. The Kier molecular flexibility index (Phi) is 5.83. The SMILES string of the molecule is Cn1ccc2ccc(OCC(=O)NCC(O)CN3CCc4ccccc4C3)cc21. The van der Waals surface area contributed by atoms with E-state index in [4.69, 9.17) is 4.74 Å². The fourth-order valence-electron chi connectivity index (χ4n) is 3.84. The zero-order valence-corrected chi connectivity index (χ0v) is 16.7. The van der Waals surface area contributed by atoms with Crippen LogP contribution >= 0.6 is 0 Å². The van der Waals surface area contributed by atoms with Gasteiger partial charge in [-0.05, 0) is 41.1 Å². The molecule has 0 saturated carbocycles. The molecule has 2 heterocycles. The highest BCUT2D eigenvalue weighted by atomic mass is 16.5. The van der Waals surface area contributed by atoms with Crippen LogP contribution in [-0.4, -0.2) is 52.8 Å². The van der Waals surface area contributed by atoms with Crippen LogP contribution in [0.25, 0.3) is 10.9 Å². The highest BCUT2D eigenvalue weighted by Gasteiger charge is 2.18. The van der Waals surface area contributed by atoms with Gasteiger partial charge in [0.1, 0.15) is 5.75 Å². The Hall–Kier alpha value is -2.83. The number of fused-ring (bicyclic) bond motifs is 2. The first-order valence-corrected chi connectivity index (χ1v) is 10.0. The van der Waals surface area contributed by atoms with Crippen LogP contribution < -0.4 is 10.1 Å². The summed E-state index contributed by atoms with van der Waals surface area (Å²) in [6.07, 6.45) is 2.38. The monoisotopic (exact) mass is 393 g/mol. The molecule has 4 rings (SSSR count). The van der Waals surface area contributed by atoms with Crippen molar-refractivity contribution in [3.8, 4) is 5.75 Å². The van der Waals surface area contributed by atoms with Crippen LogP contribution in [0.15, 0.2) is 54.7 Å². The molecule has 0 fully saturated rings. The Labute approximate surface area is 170 Å². The van der Waals surface area contributed by atoms with E-state index in [-0.39, 0.29) is 19.1 Å². The smallest absolute Gasteiger partial charge is 0.258 e. The van der Waals surface area contributed by atoms with Gasteiger partial charge in [0.2, 0.25) is 0 Å². The number of hydrogen-bond acceptors (Lipinski definition) is 4. The van der Waals surface area contributed by atoms with Crippen molar-refractivity contribution < 1.29 is 14.6 Å². The number of nitrogens with one attached hydrogen (secondary N) is 1. The number of aromatic nitrogens is 1. The van der Waals surface area contributed by atoms with Gasteiger partial charge in [0.25, 0.3) is 5.91 Å². The molecule has 6 nitrogen and oxygen atoms in total. The zero-order chi connectivity index (χ0) is 20.2. The lowest BCUT2D eigenvalue weighted by molar-refractivity contribution is -0.123. The van der Waals surface area contributed by atoms with E-state index in [0.29, 0.717) is 12.3 Å². The van der Waals surface area contributed by atoms with Gasteiger partial charge in [-0.3, -0.25) is 9.69 Å². The van der Waals surface area contributed by atoms with Crippen LogP contribution in [0.1, 0.15) is 11.1 Å². The van der Waals surface area contributed by atoms with Crippen LogP contribution in [0, 0.1) is 0 Å². The first-order chi connectivity index (χ1) is 14.1. The van der Waals surface area contributed by atoms with Crippen molar-refractivity contribution in [1.29, 1.82) is 0 Å². The molecule has 1 aliphatic heterocycles. The highest BCUT2D eigenvalue weighted by molar-refractivity contribution is 5.82. The molecule has 0 radical (unpaired) electrons. The van der Waals surface area contributed by atoms with Gasteiger partial charge in [-0.15, -0.1) is 0 Å². The summed E-state index contributed by atoms with van der Waals surface area (Å²) in [5.74, 6) is 0.419. The minimum absolute atomic E-state index is 0.0697. The summed E-state index contributed by atoms with van der Waals surface area (Å²) in [5.41, 5.74) is 3.76. The summed E-state index contributed by atoms with van der Waals surface area (Å²) in [6, 6.07) is 16.2. The van der Waals surface area contributed by atoms with E-state index in [9.17, 15) is 9.90 Å². The van der Waals surface area contributed by atoms with Gasteiger partial charge in [0.05, 0.1) is 11.6 Å². The molecule has 1 amide bonds. The third kappa shape index (κ3) is 4.78. The van der Waals surface area contributed by atoms with E-state index in [0.717, 1.165) is 30.4 Å². The predicted molar refractivity (Wildman–Crippen MR) is 113 cm³/mol. The van der Waals surface area contributed by atoms with E-state index in [1.165, 1.54) is 11.1 Å². The Morgan fingerprint density at radius 3 is 2.90 bits per heavy atom. The number of β-amino-alcohol motifs (C(OH)–C–C–N with tert-alkyl or cyclic N) is 1. The number of aliphatic hydroxyl groups excluding tert-OH is 1. The maximum Gasteiger partial charge on any atom is 0.258 e. The molecule has 1 aromatic heterocycles. The molecule has 0 spiro atoms. The van der Waals surface area contributed by atoms with E-state index in [1.54, 1.807) is 0 Å². The molecule has 6 heteroatoms. The molecular formula is C23H27N3O3. The summed E-state index contributed by atoms with van der Waals surface area (Å²) in [4.78, 5) is 14.3. The van der Waals surface area contributed by atoms with Gasteiger partial charge in [-0.2, -0.15) is 0 Å². The first kappa shape index (κ1) is 19.5. The van der Waals surface area contributed by atoms with Gasteiger partial charge >= 0.3 is 0 Å². The van der Waals surface area contributed by atoms with E-state index in [1.807, 2.05) is 42.1 Å². The normalized spacial score (nSPS) is 15.1. The zero-order valence-electron chi connectivity index (χ0n) is 16.7. The predicted octanol–water partition coefficient (Wildman–Crippen LogP) is 2.09. The van der Waals surface area contributed by atoms with E-state index < -0.39 is 6.10 Å². The van der Waals surface area contributed by atoms with Gasteiger partial charge < -0.3 is 19.7 Å². The maximum atomic E-state index is 12.1. The Bertz CT molecular complexity index is 998. The Morgan fingerprint density at radius 1 is 1.21 bits per heavy atom. The second-order valence-corrected chi connectivity index (χ2v) is 7.65. The van der Waals surface area contributed by atoms with Gasteiger partial charge in [0.15, 0.2) is 6.61 Å². The maximum absolute atomic E-state index is 12.1.